The molecule has 1 N–H and O–H groups in total. The van der Waals surface area contributed by atoms with Crippen LogP contribution in [0.25, 0.3) is 0 Å². The predicted octanol–water partition coefficient (Wildman–Crippen LogP) is 0.443. The minimum atomic E-state index is 0.0672. The second kappa shape index (κ2) is 5.72. The lowest BCUT2D eigenvalue weighted by Gasteiger charge is -1.96. The van der Waals surface area contributed by atoms with Gasteiger partial charge in [-0.2, -0.15) is 4.98 Å². The largest absolute Gasteiger partial charge is 0.396 e. The van der Waals surface area contributed by atoms with Gasteiger partial charge in [0.1, 0.15) is 6.54 Å². The molecule has 0 aromatic carbocycles. The van der Waals surface area contributed by atoms with E-state index in [1.807, 2.05) is 0 Å². The van der Waals surface area contributed by atoms with Crippen LogP contribution in [-0.4, -0.2) is 36.8 Å². The highest BCUT2D eigenvalue weighted by Crippen LogP contribution is 2.06. The summed E-state index contributed by atoms with van der Waals surface area (Å²) in [5, 5.41) is 20.5. The Hall–Kier alpha value is -1.76. The van der Waals surface area contributed by atoms with E-state index in [1.54, 1.807) is 10.9 Å². The standard InChI is InChI=1S/C11H17N5O2/c1-8(2)5-10-12-11(18-14-10)7-16-6-9(3-4-17)13-15-16/h6,8,17H,3-5,7H2,1-2H3. The summed E-state index contributed by atoms with van der Waals surface area (Å²) in [6.07, 6.45) is 3.07. The Bertz CT molecular complexity index is 491. The molecule has 7 nitrogen and oxygen atoms in total. The molecule has 0 saturated carbocycles. The molecule has 0 aliphatic carbocycles. The number of aliphatic hydroxyl groups excluding tert-OH is 1. The molecule has 0 amide bonds. The topological polar surface area (TPSA) is 89.9 Å². The molecule has 0 radical (unpaired) electrons. The van der Waals surface area contributed by atoms with Crippen molar-refractivity contribution in [2.45, 2.75) is 33.2 Å². The van der Waals surface area contributed by atoms with E-state index in [1.165, 1.54) is 0 Å². The molecule has 18 heavy (non-hydrogen) atoms. The average Bonchev–Trinajstić information content (AvgIpc) is 2.89. The quantitative estimate of drug-likeness (QED) is 0.801. The van der Waals surface area contributed by atoms with Crippen molar-refractivity contribution in [3.8, 4) is 0 Å². The van der Waals surface area contributed by atoms with Gasteiger partial charge in [-0.25, -0.2) is 4.68 Å². The third-order valence-corrected chi connectivity index (χ3v) is 2.35. The highest BCUT2D eigenvalue weighted by atomic mass is 16.5. The maximum atomic E-state index is 8.79. The van der Waals surface area contributed by atoms with Gasteiger partial charge < -0.3 is 9.63 Å². The van der Waals surface area contributed by atoms with Crippen molar-refractivity contribution >= 4 is 0 Å². The fourth-order valence-electron chi connectivity index (χ4n) is 1.59. The van der Waals surface area contributed by atoms with Crippen molar-refractivity contribution in [2.24, 2.45) is 5.92 Å². The highest BCUT2D eigenvalue weighted by molar-refractivity contribution is 4.94. The SMILES string of the molecule is CC(C)Cc1noc(Cn2cc(CCO)nn2)n1. The Balaban J connectivity index is 1.97. The Kier molecular flexibility index (Phi) is 4.03. The zero-order valence-corrected chi connectivity index (χ0v) is 10.6. The molecule has 2 rings (SSSR count). The lowest BCUT2D eigenvalue weighted by atomic mass is 10.1. The van der Waals surface area contributed by atoms with Gasteiger partial charge in [0.15, 0.2) is 5.82 Å². The summed E-state index contributed by atoms with van der Waals surface area (Å²) in [5.74, 6) is 1.74. The van der Waals surface area contributed by atoms with Crippen LogP contribution in [0.4, 0.5) is 0 Å². The zero-order chi connectivity index (χ0) is 13.0. The Morgan fingerprint density at radius 3 is 3.00 bits per heavy atom. The fraction of sp³-hybridized carbons (Fsp3) is 0.636. The van der Waals surface area contributed by atoms with Gasteiger partial charge in [-0.1, -0.05) is 24.2 Å². The number of aliphatic hydroxyl groups is 1. The first kappa shape index (κ1) is 12.7. The summed E-state index contributed by atoms with van der Waals surface area (Å²) in [7, 11) is 0. The van der Waals surface area contributed by atoms with Crippen LogP contribution in [-0.2, 0) is 19.4 Å². The summed E-state index contributed by atoms with van der Waals surface area (Å²) in [6, 6.07) is 0. The Morgan fingerprint density at radius 2 is 2.28 bits per heavy atom. The molecule has 2 aromatic rings. The zero-order valence-electron chi connectivity index (χ0n) is 10.6. The van der Waals surface area contributed by atoms with E-state index in [0.717, 1.165) is 17.9 Å². The summed E-state index contributed by atoms with van der Waals surface area (Å²) in [4.78, 5) is 4.29. The van der Waals surface area contributed by atoms with Crippen LogP contribution >= 0.6 is 0 Å². The lowest BCUT2D eigenvalue weighted by Crippen LogP contribution is -2.01. The van der Waals surface area contributed by atoms with Crippen molar-refractivity contribution in [3.05, 3.63) is 23.6 Å². The minimum Gasteiger partial charge on any atom is -0.396 e. The molecule has 2 aromatic heterocycles. The van der Waals surface area contributed by atoms with Gasteiger partial charge in [0.2, 0.25) is 5.89 Å². The maximum absolute atomic E-state index is 8.79. The molecular formula is C11H17N5O2. The lowest BCUT2D eigenvalue weighted by molar-refractivity contribution is 0.298. The van der Waals surface area contributed by atoms with E-state index in [0.29, 0.717) is 24.8 Å². The van der Waals surface area contributed by atoms with Crippen molar-refractivity contribution in [1.29, 1.82) is 0 Å². The van der Waals surface area contributed by atoms with Crippen molar-refractivity contribution in [3.63, 3.8) is 0 Å². The summed E-state index contributed by atoms with van der Waals surface area (Å²) in [6.45, 7) is 4.69. The van der Waals surface area contributed by atoms with Crippen LogP contribution in [0.3, 0.4) is 0 Å². The molecule has 0 aliphatic rings. The van der Waals surface area contributed by atoms with E-state index >= 15 is 0 Å². The van der Waals surface area contributed by atoms with Gasteiger partial charge in [0, 0.05) is 25.6 Å². The third kappa shape index (κ3) is 3.36. The Labute approximate surface area is 105 Å². The second-order valence-corrected chi connectivity index (χ2v) is 4.58. The molecule has 98 valence electrons. The van der Waals surface area contributed by atoms with Gasteiger partial charge in [-0.05, 0) is 5.92 Å². The van der Waals surface area contributed by atoms with Crippen molar-refractivity contribution in [1.82, 2.24) is 25.1 Å². The van der Waals surface area contributed by atoms with E-state index in [-0.39, 0.29) is 6.61 Å². The first-order valence-electron chi connectivity index (χ1n) is 5.98. The van der Waals surface area contributed by atoms with E-state index < -0.39 is 0 Å². The first-order valence-corrected chi connectivity index (χ1v) is 5.98. The summed E-state index contributed by atoms with van der Waals surface area (Å²) < 4.78 is 6.76. The fourth-order valence-corrected chi connectivity index (χ4v) is 1.59. The number of nitrogens with zero attached hydrogens (tertiary/aromatic N) is 5. The predicted molar refractivity (Wildman–Crippen MR) is 62.8 cm³/mol. The second-order valence-electron chi connectivity index (χ2n) is 4.58. The van der Waals surface area contributed by atoms with Gasteiger partial charge in [0.05, 0.1) is 5.69 Å². The Morgan fingerprint density at radius 1 is 1.44 bits per heavy atom. The van der Waals surface area contributed by atoms with E-state index in [4.69, 9.17) is 9.63 Å². The normalized spacial score (nSPS) is 11.3. The molecule has 0 unspecified atom stereocenters. The maximum Gasteiger partial charge on any atom is 0.248 e. The molecular weight excluding hydrogens is 234 g/mol. The van der Waals surface area contributed by atoms with Crippen LogP contribution in [0.15, 0.2) is 10.7 Å². The van der Waals surface area contributed by atoms with Crippen LogP contribution in [0, 0.1) is 5.92 Å². The number of aromatic nitrogens is 5. The molecule has 0 atom stereocenters. The van der Waals surface area contributed by atoms with Crippen LogP contribution in [0.1, 0.15) is 31.3 Å². The van der Waals surface area contributed by atoms with Crippen LogP contribution in [0.2, 0.25) is 0 Å². The summed E-state index contributed by atoms with van der Waals surface area (Å²) in [5.41, 5.74) is 0.749. The smallest absolute Gasteiger partial charge is 0.248 e. The average molecular weight is 251 g/mol. The third-order valence-electron chi connectivity index (χ3n) is 2.35. The van der Waals surface area contributed by atoms with E-state index in [9.17, 15) is 0 Å². The number of rotatable bonds is 6. The molecule has 0 fully saturated rings. The molecule has 0 saturated heterocycles. The van der Waals surface area contributed by atoms with Gasteiger partial charge in [0.25, 0.3) is 0 Å². The number of hydrogen-bond donors (Lipinski definition) is 1. The highest BCUT2D eigenvalue weighted by Gasteiger charge is 2.09. The van der Waals surface area contributed by atoms with Crippen LogP contribution in [0.5, 0.6) is 0 Å². The molecule has 0 spiro atoms. The monoisotopic (exact) mass is 251 g/mol. The minimum absolute atomic E-state index is 0.0672. The first-order chi connectivity index (χ1) is 8.67. The van der Waals surface area contributed by atoms with Crippen molar-refractivity contribution < 1.29 is 9.63 Å². The molecule has 0 bridgehead atoms. The van der Waals surface area contributed by atoms with Gasteiger partial charge >= 0.3 is 0 Å². The summed E-state index contributed by atoms with van der Waals surface area (Å²) >= 11 is 0. The molecule has 2 heterocycles. The van der Waals surface area contributed by atoms with Crippen LogP contribution < -0.4 is 0 Å². The van der Waals surface area contributed by atoms with Gasteiger partial charge in [-0.3, -0.25) is 0 Å². The number of hydrogen-bond acceptors (Lipinski definition) is 6. The molecule has 7 heteroatoms. The van der Waals surface area contributed by atoms with Gasteiger partial charge in [-0.15, -0.1) is 5.10 Å². The van der Waals surface area contributed by atoms with Crippen molar-refractivity contribution in [2.75, 3.05) is 6.61 Å². The van der Waals surface area contributed by atoms with E-state index in [2.05, 4.69) is 34.3 Å². The molecule has 0 aliphatic heterocycles.